The number of hydrogen-bond donors (Lipinski definition) is 3. The number of carbonyl (C=O) groups is 1. The van der Waals surface area contributed by atoms with E-state index >= 15 is 0 Å². The summed E-state index contributed by atoms with van der Waals surface area (Å²) in [6.07, 6.45) is 1.76. The maximum Gasteiger partial charge on any atom is 0.306 e. The highest BCUT2D eigenvalue weighted by Gasteiger charge is 2.27. The first-order chi connectivity index (χ1) is 9.15. The van der Waals surface area contributed by atoms with Crippen LogP contribution in [0.5, 0.6) is 5.75 Å². The summed E-state index contributed by atoms with van der Waals surface area (Å²) >= 11 is 0. The van der Waals surface area contributed by atoms with Gasteiger partial charge < -0.3 is 15.2 Å². The second kappa shape index (κ2) is 4.42. The first kappa shape index (κ1) is 11.8. The number of aryl methyl sites for hydroxylation is 1. The van der Waals surface area contributed by atoms with Crippen LogP contribution in [0.4, 0.5) is 0 Å². The summed E-state index contributed by atoms with van der Waals surface area (Å²) in [5.41, 5.74) is 2.43. The van der Waals surface area contributed by atoms with Crippen LogP contribution in [0.15, 0.2) is 24.3 Å². The molecular weight excluding hydrogens is 244 g/mol. The van der Waals surface area contributed by atoms with E-state index in [1.807, 2.05) is 6.07 Å². The minimum Gasteiger partial charge on any atom is -0.507 e. The van der Waals surface area contributed by atoms with Gasteiger partial charge in [0.2, 0.25) is 0 Å². The zero-order valence-corrected chi connectivity index (χ0v) is 10.3. The molecule has 0 spiro atoms. The molecule has 1 atom stereocenters. The molecule has 0 fully saturated rings. The number of para-hydroxylation sites is 1. The molecule has 0 saturated carbocycles. The lowest BCUT2D eigenvalue weighted by Crippen LogP contribution is -2.22. The van der Waals surface area contributed by atoms with Crippen LogP contribution in [0.25, 0.3) is 11.4 Å². The van der Waals surface area contributed by atoms with Gasteiger partial charge in [-0.05, 0) is 25.0 Å². The number of phenols is 1. The molecule has 1 aliphatic rings. The van der Waals surface area contributed by atoms with Crippen LogP contribution in [-0.4, -0.2) is 26.2 Å². The Labute approximate surface area is 109 Å². The second-order valence-electron chi connectivity index (χ2n) is 4.81. The highest BCUT2D eigenvalue weighted by molar-refractivity contribution is 5.71. The van der Waals surface area contributed by atoms with Crippen LogP contribution in [-0.2, 0) is 17.6 Å². The van der Waals surface area contributed by atoms with E-state index < -0.39 is 5.97 Å². The Morgan fingerprint density at radius 2 is 2.16 bits per heavy atom. The van der Waals surface area contributed by atoms with Crippen molar-refractivity contribution in [2.75, 3.05) is 0 Å². The molecule has 1 aromatic carbocycles. The van der Waals surface area contributed by atoms with Crippen molar-refractivity contribution in [3.05, 3.63) is 35.7 Å². The summed E-state index contributed by atoms with van der Waals surface area (Å²) < 4.78 is 0. The van der Waals surface area contributed by atoms with Crippen molar-refractivity contribution in [3.8, 4) is 17.1 Å². The predicted molar refractivity (Wildman–Crippen MR) is 68.8 cm³/mol. The number of H-pyrrole nitrogens is 1. The van der Waals surface area contributed by atoms with Crippen LogP contribution in [0.2, 0.25) is 0 Å². The number of aliphatic carboxylic acids is 1. The monoisotopic (exact) mass is 258 g/mol. The number of benzene rings is 1. The smallest absolute Gasteiger partial charge is 0.306 e. The molecule has 0 saturated heterocycles. The Balaban J connectivity index is 1.96. The van der Waals surface area contributed by atoms with Gasteiger partial charge in [0.1, 0.15) is 11.6 Å². The number of phenolic OH excluding ortho intramolecular Hbond substituents is 1. The van der Waals surface area contributed by atoms with E-state index in [9.17, 15) is 9.90 Å². The van der Waals surface area contributed by atoms with Crippen molar-refractivity contribution in [2.24, 2.45) is 5.92 Å². The normalized spacial score (nSPS) is 18.0. The van der Waals surface area contributed by atoms with Gasteiger partial charge in [-0.15, -0.1) is 0 Å². The average Bonchev–Trinajstić information content (AvgIpc) is 2.81. The molecule has 98 valence electrons. The summed E-state index contributed by atoms with van der Waals surface area (Å²) in [7, 11) is 0. The van der Waals surface area contributed by atoms with Crippen LogP contribution < -0.4 is 0 Å². The molecular formula is C14H14N2O3. The molecule has 3 N–H and O–H groups in total. The Morgan fingerprint density at radius 1 is 1.37 bits per heavy atom. The number of carboxylic acids is 1. The topological polar surface area (TPSA) is 86.2 Å². The van der Waals surface area contributed by atoms with Gasteiger partial charge in [-0.2, -0.15) is 0 Å². The second-order valence-corrected chi connectivity index (χ2v) is 4.81. The maximum atomic E-state index is 11.0. The number of carboxylic acid groups (broad SMARTS) is 1. The lowest BCUT2D eigenvalue weighted by Gasteiger charge is -2.16. The standard InChI is InChI=1S/C14H14N2O3/c17-12-4-2-1-3-9(12)13-15-10-6-5-8(14(18)19)7-11(10)16-13/h1-4,8,17H,5-7H2,(H,15,16)(H,18,19). The number of aromatic amines is 1. The summed E-state index contributed by atoms with van der Waals surface area (Å²) in [4.78, 5) is 18.6. The van der Waals surface area contributed by atoms with Crippen molar-refractivity contribution in [2.45, 2.75) is 19.3 Å². The number of nitrogens with one attached hydrogen (secondary N) is 1. The molecule has 1 aromatic heterocycles. The summed E-state index contributed by atoms with van der Waals surface area (Å²) in [5.74, 6) is -0.327. The molecule has 1 unspecified atom stereocenters. The number of aromatic hydroxyl groups is 1. The first-order valence-corrected chi connectivity index (χ1v) is 6.24. The number of hydrogen-bond acceptors (Lipinski definition) is 3. The fraction of sp³-hybridized carbons (Fsp3) is 0.286. The minimum atomic E-state index is -0.760. The van der Waals surface area contributed by atoms with E-state index in [-0.39, 0.29) is 11.7 Å². The molecule has 3 rings (SSSR count). The van der Waals surface area contributed by atoms with Crippen molar-refractivity contribution in [1.82, 2.24) is 9.97 Å². The number of nitrogens with zero attached hydrogens (tertiary/aromatic N) is 1. The summed E-state index contributed by atoms with van der Waals surface area (Å²) in [6, 6.07) is 6.98. The van der Waals surface area contributed by atoms with Crippen LogP contribution in [0, 0.1) is 5.92 Å². The molecule has 5 heteroatoms. The van der Waals surface area contributed by atoms with Crippen molar-refractivity contribution in [1.29, 1.82) is 0 Å². The summed E-state index contributed by atoms with van der Waals surface area (Å²) in [5, 5.41) is 18.9. The van der Waals surface area contributed by atoms with Crippen LogP contribution in [0.1, 0.15) is 17.8 Å². The number of imidazole rings is 1. The van der Waals surface area contributed by atoms with E-state index in [0.717, 1.165) is 11.4 Å². The Morgan fingerprint density at radius 3 is 2.89 bits per heavy atom. The average molecular weight is 258 g/mol. The molecule has 19 heavy (non-hydrogen) atoms. The third kappa shape index (κ3) is 2.07. The molecule has 0 aliphatic heterocycles. The minimum absolute atomic E-state index is 0.170. The van der Waals surface area contributed by atoms with Crippen molar-refractivity contribution in [3.63, 3.8) is 0 Å². The van der Waals surface area contributed by atoms with E-state index in [1.54, 1.807) is 18.2 Å². The zero-order valence-electron chi connectivity index (χ0n) is 10.3. The maximum absolute atomic E-state index is 11.0. The molecule has 5 nitrogen and oxygen atoms in total. The van der Waals surface area contributed by atoms with Gasteiger partial charge >= 0.3 is 5.97 Å². The van der Waals surface area contributed by atoms with Crippen molar-refractivity contribution >= 4 is 5.97 Å². The van der Waals surface area contributed by atoms with E-state index in [2.05, 4.69) is 9.97 Å². The number of fused-ring (bicyclic) bond motifs is 1. The van der Waals surface area contributed by atoms with Gasteiger partial charge in [0.25, 0.3) is 0 Å². The highest BCUT2D eigenvalue weighted by atomic mass is 16.4. The lowest BCUT2D eigenvalue weighted by molar-refractivity contribution is -0.142. The SMILES string of the molecule is O=C(O)C1CCc2nc(-c3ccccc3O)[nH]c2C1. The Hall–Kier alpha value is -2.30. The molecule has 1 aliphatic carbocycles. The Bertz CT molecular complexity index is 633. The quantitative estimate of drug-likeness (QED) is 0.768. The van der Waals surface area contributed by atoms with Crippen LogP contribution >= 0.6 is 0 Å². The molecule has 0 amide bonds. The number of aromatic nitrogens is 2. The molecule has 1 heterocycles. The van der Waals surface area contributed by atoms with Gasteiger partial charge in [-0.3, -0.25) is 4.79 Å². The van der Waals surface area contributed by atoms with Crippen molar-refractivity contribution < 1.29 is 15.0 Å². The lowest BCUT2D eigenvalue weighted by atomic mass is 9.90. The molecule has 0 radical (unpaired) electrons. The largest absolute Gasteiger partial charge is 0.507 e. The molecule has 2 aromatic rings. The predicted octanol–water partition coefficient (Wildman–Crippen LogP) is 1.97. The third-order valence-electron chi connectivity index (χ3n) is 3.55. The Kier molecular flexibility index (Phi) is 2.74. The van der Waals surface area contributed by atoms with E-state index in [1.165, 1.54) is 0 Å². The molecule has 0 bridgehead atoms. The zero-order chi connectivity index (χ0) is 13.4. The van der Waals surface area contributed by atoms with Gasteiger partial charge in [0, 0.05) is 12.1 Å². The van der Waals surface area contributed by atoms with Gasteiger partial charge in [0.15, 0.2) is 0 Å². The summed E-state index contributed by atoms with van der Waals surface area (Å²) in [6.45, 7) is 0. The fourth-order valence-electron chi connectivity index (χ4n) is 2.49. The van der Waals surface area contributed by atoms with Gasteiger partial charge in [0.05, 0.1) is 17.2 Å². The van der Waals surface area contributed by atoms with E-state index in [4.69, 9.17) is 5.11 Å². The third-order valence-corrected chi connectivity index (χ3v) is 3.55. The van der Waals surface area contributed by atoms with Gasteiger partial charge in [-0.25, -0.2) is 4.98 Å². The fourth-order valence-corrected chi connectivity index (χ4v) is 2.49. The number of rotatable bonds is 2. The van der Waals surface area contributed by atoms with E-state index in [0.29, 0.717) is 30.7 Å². The van der Waals surface area contributed by atoms with Crippen LogP contribution in [0.3, 0.4) is 0 Å². The highest BCUT2D eigenvalue weighted by Crippen LogP contribution is 2.30. The first-order valence-electron chi connectivity index (χ1n) is 6.24. The van der Waals surface area contributed by atoms with Gasteiger partial charge in [-0.1, -0.05) is 12.1 Å².